The molecule has 3 rings (SSSR count). The third-order valence-electron chi connectivity index (χ3n) is 7.40. The van der Waals surface area contributed by atoms with Crippen molar-refractivity contribution in [1.29, 1.82) is 0 Å². The topological polar surface area (TPSA) is 258 Å². The molecule has 0 spiro atoms. The number of carbonyl (C=O) groups excluding carboxylic acids is 1. The fourth-order valence-corrected chi connectivity index (χ4v) is 5.00. The summed E-state index contributed by atoms with van der Waals surface area (Å²) in [5.41, 5.74) is 0. The minimum absolute atomic E-state index is 0.146. The van der Waals surface area contributed by atoms with Gasteiger partial charge >= 0.3 is 6.03 Å². The van der Waals surface area contributed by atoms with Gasteiger partial charge in [0.2, 0.25) is 0 Å². The average Bonchev–Trinajstić information content (AvgIpc) is 2.97. The van der Waals surface area contributed by atoms with E-state index in [1.807, 2.05) is 13.8 Å². The molecule has 3 heterocycles. The fraction of sp³-hybridized carbons (Fsp3) is 0.960. The van der Waals surface area contributed by atoms with Gasteiger partial charge in [-0.2, -0.15) is 0 Å². The second-order valence-corrected chi connectivity index (χ2v) is 10.6. The quantitative estimate of drug-likeness (QED) is 0.0995. The lowest BCUT2D eigenvalue weighted by atomic mass is 9.95. The van der Waals surface area contributed by atoms with Crippen molar-refractivity contribution >= 4 is 6.03 Å². The number of aliphatic hydroxyl groups excluding tert-OH is 8. The van der Waals surface area contributed by atoms with Gasteiger partial charge in [0.15, 0.2) is 18.9 Å². The molecule has 0 aliphatic carbocycles. The molecular formula is C25H46N2O15. The van der Waals surface area contributed by atoms with Crippen LogP contribution in [0.4, 0.5) is 4.79 Å². The van der Waals surface area contributed by atoms with E-state index in [9.17, 15) is 45.6 Å². The summed E-state index contributed by atoms with van der Waals surface area (Å²) in [4.78, 5) is 13.3. The molecular weight excluding hydrogens is 568 g/mol. The zero-order valence-corrected chi connectivity index (χ0v) is 23.8. The molecule has 3 aliphatic rings. The predicted octanol–water partition coefficient (Wildman–Crippen LogP) is -4.39. The number of hydrogen-bond donors (Lipinski definition) is 10. The van der Waals surface area contributed by atoms with Crippen molar-refractivity contribution in [2.45, 2.75) is 126 Å². The minimum atomic E-state index is -1.74. The van der Waals surface area contributed by atoms with E-state index in [1.165, 1.54) is 6.92 Å². The molecule has 15 atom stereocenters. The molecule has 42 heavy (non-hydrogen) atoms. The molecule has 17 heteroatoms. The predicted molar refractivity (Wildman–Crippen MR) is 138 cm³/mol. The maximum Gasteiger partial charge on any atom is 0.315 e. The number of carbonyl (C=O) groups is 1. The normalized spacial score (nSPS) is 44.5. The van der Waals surface area contributed by atoms with Gasteiger partial charge in [-0.3, -0.25) is 0 Å². The van der Waals surface area contributed by atoms with Gasteiger partial charge in [-0.05, 0) is 19.8 Å². The van der Waals surface area contributed by atoms with Crippen molar-refractivity contribution < 1.29 is 74.1 Å². The molecule has 17 nitrogen and oxygen atoms in total. The van der Waals surface area contributed by atoms with E-state index in [2.05, 4.69) is 10.6 Å². The van der Waals surface area contributed by atoms with Gasteiger partial charge in [0.1, 0.15) is 67.0 Å². The highest BCUT2D eigenvalue weighted by molar-refractivity contribution is 5.75. The summed E-state index contributed by atoms with van der Waals surface area (Å²) in [7, 11) is 0. The van der Waals surface area contributed by atoms with Crippen molar-refractivity contribution in [2.24, 2.45) is 0 Å². The lowest BCUT2D eigenvalue weighted by molar-refractivity contribution is -0.340. The first kappa shape index (κ1) is 35.2. The number of urea groups is 1. The third-order valence-corrected chi connectivity index (χ3v) is 7.40. The summed E-state index contributed by atoms with van der Waals surface area (Å²) in [5, 5.41) is 87.3. The fourth-order valence-electron chi connectivity index (χ4n) is 5.00. The third kappa shape index (κ3) is 8.05. The summed E-state index contributed by atoms with van der Waals surface area (Å²) in [6.45, 7) is 4.13. The van der Waals surface area contributed by atoms with Gasteiger partial charge in [0.05, 0.1) is 19.3 Å². The molecule has 3 aliphatic heterocycles. The van der Waals surface area contributed by atoms with Crippen LogP contribution >= 0.6 is 0 Å². The zero-order chi connectivity index (χ0) is 31.1. The van der Waals surface area contributed by atoms with Gasteiger partial charge < -0.3 is 79.9 Å². The van der Waals surface area contributed by atoms with Crippen LogP contribution in [0.5, 0.6) is 0 Å². The molecule has 0 aromatic rings. The second-order valence-electron chi connectivity index (χ2n) is 10.6. The Morgan fingerprint density at radius 2 is 1.19 bits per heavy atom. The molecule has 0 saturated carbocycles. The molecule has 0 unspecified atom stereocenters. The van der Waals surface area contributed by atoms with E-state index in [0.29, 0.717) is 12.8 Å². The number of ether oxygens (including phenoxy) is 6. The Balaban J connectivity index is 1.84. The molecule has 0 aromatic carbocycles. The van der Waals surface area contributed by atoms with E-state index in [0.717, 1.165) is 0 Å². The number of amides is 2. The van der Waals surface area contributed by atoms with E-state index in [-0.39, 0.29) is 13.2 Å². The van der Waals surface area contributed by atoms with Crippen LogP contribution in [0.3, 0.4) is 0 Å². The Bertz CT molecular complexity index is 829. The molecule has 3 fully saturated rings. The first-order valence-corrected chi connectivity index (χ1v) is 14.2. The first-order valence-electron chi connectivity index (χ1n) is 14.2. The van der Waals surface area contributed by atoms with Crippen molar-refractivity contribution in [3.63, 3.8) is 0 Å². The van der Waals surface area contributed by atoms with Gasteiger partial charge in [-0.15, -0.1) is 0 Å². The van der Waals surface area contributed by atoms with Crippen LogP contribution < -0.4 is 10.6 Å². The standard InChI is InChI=1S/C25H46N2O15/c1-4-6-37-22-13(18(33)16(31)11(8-28)40-22)26-25(36)27-14-21(17(32)12(9-29)41-23(14)38-7-5-2)42-24-20(35)19(34)15(30)10(3)39-24/h10-24,28-35H,4-9H2,1-3H3,(H2,26,27,36)/t10-,11-,12-,13-,14-,15-,16-,17-,18-,19-,20+,21-,22+,23+,24+/m1/s1. The Labute approximate surface area is 243 Å². The Morgan fingerprint density at radius 1 is 0.667 bits per heavy atom. The summed E-state index contributed by atoms with van der Waals surface area (Å²) >= 11 is 0. The molecule has 246 valence electrons. The highest BCUT2D eigenvalue weighted by Crippen LogP contribution is 2.30. The van der Waals surface area contributed by atoms with Crippen molar-refractivity contribution in [3.8, 4) is 0 Å². The highest BCUT2D eigenvalue weighted by atomic mass is 16.7. The SMILES string of the molecule is CCCO[C@H]1O[C@H](CO)[C@@H](O)[C@H](O)[C@H]1NC(=O)N[C@H]1[C@@H](OCCC)O[C@H](CO)[C@@H](O)[C@@H]1O[C@@H]1O[C@H](C)[C@@H](O)[C@@H](O)[C@@H]1O. The molecule has 0 aromatic heterocycles. The Morgan fingerprint density at radius 3 is 1.74 bits per heavy atom. The van der Waals surface area contributed by atoms with Crippen LogP contribution in [-0.4, -0.2) is 165 Å². The summed E-state index contributed by atoms with van der Waals surface area (Å²) in [6.07, 6.45) is -17.4. The number of rotatable bonds is 12. The maximum absolute atomic E-state index is 13.3. The van der Waals surface area contributed by atoms with Gasteiger partial charge in [0, 0.05) is 13.2 Å². The monoisotopic (exact) mass is 614 g/mol. The highest BCUT2D eigenvalue weighted by Gasteiger charge is 2.52. The zero-order valence-electron chi connectivity index (χ0n) is 23.8. The van der Waals surface area contributed by atoms with E-state index < -0.39 is 111 Å². The first-order chi connectivity index (χ1) is 20.0. The minimum Gasteiger partial charge on any atom is -0.394 e. The van der Waals surface area contributed by atoms with Crippen LogP contribution in [-0.2, 0) is 28.4 Å². The van der Waals surface area contributed by atoms with Gasteiger partial charge in [-0.1, -0.05) is 13.8 Å². The summed E-state index contributed by atoms with van der Waals surface area (Å²) in [6, 6.07) is -3.58. The molecule has 2 amide bonds. The molecule has 0 bridgehead atoms. The summed E-state index contributed by atoms with van der Waals surface area (Å²) < 4.78 is 33.9. The Kier molecular flexibility index (Phi) is 13.5. The van der Waals surface area contributed by atoms with Gasteiger partial charge in [-0.25, -0.2) is 4.79 Å². The van der Waals surface area contributed by atoms with Crippen LogP contribution in [0.25, 0.3) is 0 Å². The number of aliphatic hydroxyl groups is 8. The lowest BCUT2D eigenvalue weighted by Gasteiger charge is -2.47. The van der Waals surface area contributed by atoms with Crippen LogP contribution in [0.15, 0.2) is 0 Å². The van der Waals surface area contributed by atoms with E-state index in [1.54, 1.807) is 0 Å². The Hall–Kier alpha value is -1.29. The smallest absolute Gasteiger partial charge is 0.315 e. The summed E-state index contributed by atoms with van der Waals surface area (Å²) in [5.74, 6) is 0. The van der Waals surface area contributed by atoms with Crippen LogP contribution in [0.2, 0.25) is 0 Å². The molecule has 3 saturated heterocycles. The lowest BCUT2D eigenvalue weighted by Crippen LogP contribution is -2.70. The van der Waals surface area contributed by atoms with Crippen molar-refractivity contribution in [2.75, 3.05) is 26.4 Å². The number of hydrogen-bond acceptors (Lipinski definition) is 15. The van der Waals surface area contributed by atoms with Crippen molar-refractivity contribution in [1.82, 2.24) is 10.6 Å². The van der Waals surface area contributed by atoms with E-state index in [4.69, 9.17) is 28.4 Å². The van der Waals surface area contributed by atoms with Gasteiger partial charge in [0.25, 0.3) is 0 Å². The molecule has 0 radical (unpaired) electrons. The average molecular weight is 615 g/mol. The maximum atomic E-state index is 13.3. The van der Waals surface area contributed by atoms with Crippen LogP contribution in [0, 0.1) is 0 Å². The van der Waals surface area contributed by atoms with Crippen LogP contribution in [0.1, 0.15) is 33.6 Å². The van der Waals surface area contributed by atoms with E-state index >= 15 is 0 Å². The molecule has 10 N–H and O–H groups in total. The second kappa shape index (κ2) is 16.1. The number of nitrogens with one attached hydrogen (secondary N) is 2. The van der Waals surface area contributed by atoms with Crippen molar-refractivity contribution in [3.05, 3.63) is 0 Å². The largest absolute Gasteiger partial charge is 0.394 e.